The second kappa shape index (κ2) is 7.64. The summed E-state index contributed by atoms with van der Waals surface area (Å²) < 4.78 is 16.1. The third-order valence-electron chi connectivity index (χ3n) is 2.08. The normalized spacial score (nSPS) is 9.58. The van der Waals surface area contributed by atoms with Crippen molar-refractivity contribution in [2.45, 2.75) is 13.8 Å². The van der Waals surface area contributed by atoms with Crippen LogP contribution in [0.15, 0.2) is 16.6 Å². The lowest BCUT2D eigenvalue weighted by molar-refractivity contribution is -0.145. The highest BCUT2D eigenvalue weighted by Gasteiger charge is 2.14. The minimum Gasteiger partial charge on any atom is -0.490 e. The van der Waals surface area contributed by atoms with Gasteiger partial charge in [0.15, 0.2) is 18.1 Å². The molecule has 0 aliphatic rings. The van der Waals surface area contributed by atoms with E-state index in [1.165, 1.54) is 0 Å². The monoisotopic (exact) mass is 327 g/mol. The Bertz CT molecular complexity index is 496. The Hall–Kier alpha value is -1.74. The summed E-state index contributed by atoms with van der Waals surface area (Å²) in [7, 11) is 0. The SMILES string of the molecule is CCOC(=O)COc1c(Br)cc(C#N)cc1OCC. The molecule has 0 aromatic heterocycles. The third-order valence-corrected chi connectivity index (χ3v) is 2.67. The molecule has 0 amide bonds. The fourth-order valence-electron chi connectivity index (χ4n) is 1.37. The minimum atomic E-state index is -0.457. The van der Waals surface area contributed by atoms with Gasteiger partial charge in [-0.05, 0) is 35.8 Å². The molecular formula is C13H14BrNO4. The average molecular weight is 328 g/mol. The van der Waals surface area contributed by atoms with Crippen LogP contribution < -0.4 is 9.47 Å². The second-order valence-corrected chi connectivity index (χ2v) is 4.28. The lowest BCUT2D eigenvalue weighted by atomic mass is 10.2. The Labute approximate surface area is 120 Å². The Kier molecular flexibility index (Phi) is 6.16. The van der Waals surface area contributed by atoms with Crippen LogP contribution in [-0.4, -0.2) is 25.8 Å². The first-order chi connectivity index (χ1) is 9.12. The maximum absolute atomic E-state index is 11.3. The number of carbonyl (C=O) groups excluding carboxylic acids is 1. The van der Waals surface area contributed by atoms with Crippen LogP contribution in [0.25, 0.3) is 0 Å². The zero-order valence-electron chi connectivity index (χ0n) is 10.7. The molecule has 0 unspecified atom stereocenters. The zero-order chi connectivity index (χ0) is 14.3. The highest BCUT2D eigenvalue weighted by atomic mass is 79.9. The summed E-state index contributed by atoms with van der Waals surface area (Å²) in [6.07, 6.45) is 0. The summed E-state index contributed by atoms with van der Waals surface area (Å²) in [5, 5.41) is 8.89. The number of ether oxygens (including phenoxy) is 3. The molecule has 0 spiro atoms. The lowest BCUT2D eigenvalue weighted by Crippen LogP contribution is -2.15. The van der Waals surface area contributed by atoms with Crippen LogP contribution in [0.1, 0.15) is 19.4 Å². The van der Waals surface area contributed by atoms with Crippen molar-refractivity contribution in [1.29, 1.82) is 5.26 Å². The van der Waals surface area contributed by atoms with E-state index in [0.717, 1.165) is 0 Å². The fraction of sp³-hybridized carbons (Fsp3) is 0.385. The predicted octanol–water partition coefficient (Wildman–Crippen LogP) is 2.66. The predicted molar refractivity (Wildman–Crippen MR) is 72.2 cm³/mol. The molecule has 0 aliphatic carbocycles. The number of rotatable bonds is 6. The van der Waals surface area contributed by atoms with Crippen LogP contribution in [0.2, 0.25) is 0 Å². The molecule has 0 saturated heterocycles. The van der Waals surface area contributed by atoms with Gasteiger partial charge in [-0.2, -0.15) is 5.26 Å². The van der Waals surface area contributed by atoms with E-state index in [1.807, 2.05) is 13.0 Å². The van der Waals surface area contributed by atoms with Crippen molar-refractivity contribution in [1.82, 2.24) is 0 Å². The number of hydrogen-bond donors (Lipinski definition) is 0. The average Bonchev–Trinajstić information content (AvgIpc) is 2.38. The number of nitrogens with zero attached hydrogens (tertiary/aromatic N) is 1. The first-order valence-electron chi connectivity index (χ1n) is 5.77. The third kappa shape index (κ3) is 4.45. The first-order valence-corrected chi connectivity index (χ1v) is 6.56. The molecule has 0 atom stereocenters. The zero-order valence-corrected chi connectivity index (χ0v) is 12.3. The van der Waals surface area contributed by atoms with E-state index in [0.29, 0.717) is 34.7 Å². The molecule has 0 radical (unpaired) electrons. The van der Waals surface area contributed by atoms with Crippen LogP contribution in [-0.2, 0) is 9.53 Å². The van der Waals surface area contributed by atoms with Crippen molar-refractivity contribution in [2.75, 3.05) is 19.8 Å². The van der Waals surface area contributed by atoms with Gasteiger partial charge in [-0.15, -0.1) is 0 Å². The van der Waals surface area contributed by atoms with Gasteiger partial charge in [-0.1, -0.05) is 0 Å². The summed E-state index contributed by atoms with van der Waals surface area (Å²) in [4.78, 5) is 11.3. The summed E-state index contributed by atoms with van der Waals surface area (Å²) in [6, 6.07) is 5.19. The Balaban J connectivity index is 2.92. The van der Waals surface area contributed by atoms with E-state index in [4.69, 9.17) is 19.5 Å². The number of halogens is 1. The molecule has 0 saturated carbocycles. The van der Waals surface area contributed by atoms with Crippen LogP contribution in [0.3, 0.4) is 0 Å². The van der Waals surface area contributed by atoms with Crippen molar-refractivity contribution >= 4 is 21.9 Å². The maximum atomic E-state index is 11.3. The van der Waals surface area contributed by atoms with Gasteiger partial charge in [-0.25, -0.2) is 4.79 Å². The molecule has 5 nitrogen and oxygen atoms in total. The van der Waals surface area contributed by atoms with Gasteiger partial charge < -0.3 is 14.2 Å². The minimum absolute atomic E-state index is 0.210. The van der Waals surface area contributed by atoms with Crippen molar-refractivity contribution in [2.24, 2.45) is 0 Å². The van der Waals surface area contributed by atoms with Crippen molar-refractivity contribution in [3.8, 4) is 17.6 Å². The van der Waals surface area contributed by atoms with E-state index in [9.17, 15) is 4.79 Å². The topological polar surface area (TPSA) is 68.5 Å². The van der Waals surface area contributed by atoms with E-state index < -0.39 is 5.97 Å². The number of hydrogen-bond acceptors (Lipinski definition) is 5. The van der Waals surface area contributed by atoms with Crippen molar-refractivity contribution in [3.63, 3.8) is 0 Å². The molecule has 0 bridgehead atoms. The van der Waals surface area contributed by atoms with Crippen molar-refractivity contribution in [3.05, 3.63) is 22.2 Å². The molecule has 1 aromatic rings. The lowest BCUT2D eigenvalue weighted by Gasteiger charge is -2.13. The van der Waals surface area contributed by atoms with Crippen molar-refractivity contribution < 1.29 is 19.0 Å². The van der Waals surface area contributed by atoms with Crippen LogP contribution in [0.4, 0.5) is 0 Å². The highest BCUT2D eigenvalue weighted by Crippen LogP contribution is 2.36. The van der Waals surface area contributed by atoms with Gasteiger partial charge in [0.1, 0.15) is 0 Å². The van der Waals surface area contributed by atoms with Crippen LogP contribution in [0.5, 0.6) is 11.5 Å². The summed E-state index contributed by atoms with van der Waals surface area (Å²) >= 11 is 3.29. The highest BCUT2D eigenvalue weighted by molar-refractivity contribution is 9.10. The molecule has 0 fully saturated rings. The maximum Gasteiger partial charge on any atom is 0.344 e. The largest absolute Gasteiger partial charge is 0.490 e. The second-order valence-electron chi connectivity index (χ2n) is 3.42. The molecule has 1 aromatic carbocycles. The van der Waals surface area contributed by atoms with Gasteiger partial charge in [0.25, 0.3) is 0 Å². The number of carbonyl (C=O) groups is 1. The number of benzene rings is 1. The van der Waals surface area contributed by atoms with Crippen LogP contribution >= 0.6 is 15.9 Å². The van der Waals surface area contributed by atoms with Gasteiger partial charge in [0.05, 0.1) is 29.3 Å². The van der Waals surface area contributed by atoms with E-state index >= 15 is 0 Å². The van der Waals surface area contributed by atoms with Gasteiger partial charge >= 0.3 is 5.97 Å². The molecule has 0 aliphatic heterocycles. The van der Waals surface area contributed by atoms with E-state index in [1.54, 1.807) is 19.1 Å². The molecule has 0 N–H and O–H groups in total. The summed E-state index contributed by atoms with van der Waals surface area (Å²) in [5.41, 5.74) is 0.443. The summed E-state index contributed by atoms with van der Waals surface area (Å²) in [5.74, 6) is 0.341. The van der Waals surface area contributed by atoms with Crippen LogP contribution in [0, 0.1) is 11.3 Å². The molecule has 6 heteroatoms. The molecule has 102 valence electrons. The Morgan fingerprint density at radius 3 is 2.63 bits per heavy atom. The quantitative estimate of drug-likeness (QED) is 0.751. The molecular weight excluding hydrogens is 314 g/mol. The summed E-state index contributed by atoms with van der Waals surface area (Å²) in [6.45, 7) is 4.06. The Morgan fingerprint density at radius 2 is 2.05 bits per heavy atom. The van der Waals surface area contributed by atoms with Gasteiger partial charge in [0, 0.05) is 6.07 Å². The number of esters is 1. The van der Waals surface area contributed by atoms with E-state index in [2.05, 4.69) is 15.9 Å². The fourth-order valence-corrected chi connectivity index (χ4v) is 1.93. The Morgan fingerprint density at radius 1 is 1.32 bits per heavy atom. The molecule has 19 heavy (non-hydrogen) atoms. The number of nitriles is 1. The van der Waals surface area contributed by atoms with E-state index in [-0.39, 0.29) is 6.61 Å². The smallest absolute Gasteiger partial charge is 0.344 e. The van der Waals surface area contributed by atoms with Gasteiger partial charge in [-0.3, -0.25) is 0 Å². The first kappa shape index (κ1) is 15.3. The standard InChI is InChI=1S/C13H14BrNO4/c1-3-17-11-6-9(7-15)5-10(14)13(11)19-8-12(16)18-4-2/h5-6H,3-4,8H2,1-2H3. The van der Waals surface area contributed by atoms with Gasteiger partial charge in [0.2, 0.25) is 0 Å². The molecule has 1 rings (SSSR count). The molecule has 0 heterocycles.